The van der Waals surface area contributed by atoms with Gasteiger partial charge in [0.1, 0.15) is 5.69 Å². The zero-order chi connectivity index (χ0) is 17.2. The zero-order valence-corrected chi connectivity index (χ0v) is 13.8. The minimum atomic E-state index is -0.864. The number of carbonyl (C=O) groups is 3. The maximum absolute atomic E-state index is 12.3. The maximum atomic E-state index is 12.3. The van der Waals surface area contributed by atoms with Crippen LogP contribution in [0.5, 0.6) is 0 Å². The van der Waals surface area contributed by atoms with Crippen molar-refractivity contribution in [2.75, 3.05) is 26.2 Å². The molecule has 2 heterocycles. The minimum absolute atomic E-state index is 0.0782. The van der Waals surface area contributed by atoms with Crippen LogP contribution in [0.15, 0.2) is 6.07 Å². The number of aromatic nitrogens is 2. The molecule has 1 saturated heterocycles. The number of hydrogen-bond donors (Lipinski definition) is 2. The quantitative estimate of drug-likeness (QED) is 0.806. The highest BCUT2D eigenvalue weighted by atomic mass is 16.2. The SMILES string of the molecule is Cc1cc(C(=O)N2CCN(C(=O)CC(C)(C)C(N)=O)CC2)n[nH]1. The van der Waals surface area contributed by atoms with Crippen molar-refractivity contribution < 1.29 is 14.4 Å². The fourth-order valence-corrected chi connectivity index (χ4v) is 2.43. The number of nitrogens with zero attached hydrogens (tertiary/aromatic N) is 3. The van der Waals surface area contributed by atoms with Crippen LogP contribution in [0, 0.1) is 12.3 Å². The largest absolute Gasteiger partial charge is 0.369 e. The van der Waals surface area contributed by atoms with Crippen LogP contribution in [0.2, 0.25) is 0 Å². The van der Waals surface area contributed by atoms with Crippen molar-refractivity contribution in [1.29, 1.82) is 0 Å². The second-order valence-corrected chi connectivity index (χ2v) is 6.53. The van der Waals surface area contributed by atoms with Gasteiger partial charge in [-0.1, -0.05) is 13.8 Å². The molecule has 0 unspecified atom stereocenters. The molecule has 0 bridgehead atoms. The summed E-state index contributed by atoms with van der Waals surface area (Å²) in [6.45, 7) is 6.95. The molecule has 1 aliphatic heterocycles. The van der Waals surface area contributed by atoms with Gasteiger partial charge in [0.05, 0.1) is 5.41 Å². The Labute approximate surface area is 135 Å². The van der Waals surface area contributed by atoms with E-state index < -0.39 is 11.3 Å². The third-order valence-electron chi connectivity index (χ3n) is 4.10. The van der Waals surface area contributed by atoms with Gasteiger partial charge in [-0.3, -0.25) is 19.5 Å². The number of aryl methyl sites for hydroxylation is 1. The molecule has 23 heavy (non-hydrogen) atoms. The Morgan fingerprint density at radius 2 is 1.78 bits per heavy atom. The van der Waals surface area contributed by atoms with Gasteiger partial charge >= 0.3 is 0 Å². The first-order chi connectivity index (χ1) is 10.7. The highest BCUT2D eigenvalue weighted by Gasteiger charge is 2.32. The van der Waals surface area contributed by atoms with E-state index in [2.05, 4.69) is 10.2 Å². The van der Waals surface area contributed by atoms with Crippen LogP contribution in [0.25, 0.3) is 0 Å². The average Bonchev–Trinajstić information content (AvgIpc) is 2.92. The zero-order valence-electron chi connectivity index (χ0n) is 13.8. The summed E-state index contributed by atoms with van der Waals surface area (Å²) in [4.78, 5) is 39.2. The van der Waals surface area contributed by atoms with Crippen molar-refractivity contribution in [3.05, 3.63) is 17.5 Å². The summed E-state index contributed by atoms with van der Waals surface area (Å²) in [5.41, 5.74) is 5.66. The molecular formula is C15H23N5O3. The molecular weight excluding hydrogens is 298 g/mol. The van der Waals surface area contributed by atoms with Gasteiger partial charge in [-0.15, -0.1) is 0 Å². The van der Waals surface area contributed by atoms with Crippen molar-refractivity contribution in [1.82, 2.24) is 20.0 Å². The minimum Gasteiger partial charge on any atom is -0.369 e. The first-order valence-corrected chi connectivity index (χ1v) is 7.59. The van der Waals surface area contributed by atoms with Crippen LogP contribution in [0.3, 0.4) is 0 Å². The van der Waals surface area contributed by atoms with Crippen LogP contribution in [0.4, 0.5) is 0 Å². The van der Waals surface area contributed by atoms with Gasteiger partial charge < -0.3 is 15.5 Å². The molecule has 3 N–H and O–H groups in total. The van der Waals surface area contributed by atoms with E-state index in [9.17, 15) is 14.4 Å². The normalized spacial score (nSPS) is 15.6. The molecule has 1 aromatic rings. The Morgan fingerprint density at radius 1 is 1.22 bits per heavy atom. The molecule has 0 aromatic carbocycles. The lowest BCUT2D eigenvalue weighted by atomic mass is 9.88. The second-order valence-electron chi connectivity index (χ2n) is 6.53. The molecule has 126 valence electrons. The predicted molar refractivity (Wildman–Crippen MR) is 83.4 cm³/mol. The van der Waals surface area contributed by atoms with Gasteiger partial charge in [-0.2, -0.15) is 5.10 Å². The topological polar surface area (TPSA) is 112 Å². The van der Waals surface area contributed by atoms with Crippen LogP contribution < -0.4 is 5.73 Å². The Hall–Kier alpha value is -2.38. The van der Waals surface area contributed by atoms with E-state index in [1.165, 1.54) is 0 Å². The predicted octanol–water partition coefficient (Wildman–Crippen LogP) is -0.0959. The smallest absolute Gasteiger partial charge is 0.274 e. The van der Waals surface area contributed by atoms with Crippen LogP contribution in [0.1, 0.15) is 36.5 Å². The molecule has 1 aromatic heterocycles. The molecule has 0 atom stereocenters. The Bertz CT molecular complexity index is 614. The van der Waals surface area contributed by atoms with E-state index in [4.69, 9.17) is 5.73 Å². The summed E-state index contributed by atoms with van der Waals surface area (Å²) in [7, 11) is 0. The monoisotopic (exact) mass is 321 g/mol. The van der Waals surface area contributed by atoms with Gasteiger partial charge in [0.15, 0.2) is 0 Å². The lowest BCUT2D eigenvalue weighted by Crippen LogP contribution is -2.51. The number of nitrogens with one attached hydrogen (secondary N) is 1. The molecule has 3 amide bonds. The molecule has 0 spiro atoms. The third-order valence-corrected chi connectivity index (χ3v) is 4.10. The standard InChI is InChI=1S/C15H23N5O3/c1-10-8-11(18-17-10)13(22)20-6-4-19(5-7-20)12(21)9-15(2,3)14(16)23/h8H,4-7,9H2,1-3H3,(H2,16,23)(H,17,18). The van der Waals surface area contributed by atoms with E-state index in [-0.39, 0.29) is 18.2 Å². The van der Waals surface area contributed by atoms with Crippen molar-refractivity contribution in [2.24, 2.45) is 11.1 Å². The van der Waals surface area contributed by atoms with Crippen LogP contribution in [-0.2, 0) is 9.59 Å². The second kappa shape index (κ2) is 6.39. The lowest BCUT2D eigenvalue weighted by Gasteiger charge is -2.35. The van der Waals surface area contributed by atoms with E-state index in [0.717, 1.165) is 5.69 Å². The van der Waals surface area contributed by atoms with Gasteiger partial charge in [0.2, 0.25) is 11.8 Å². The number of amides is 3. The number of hydrogen-bond acceptors (Lipinski definition) is 4. The molecule has 1 fully saturated rings. The summed E-state index contributed by atoms with van der Waals surface area (Å²) in [6, 6.07) is 1.70. The van der Waals surface area contributed by atoms with Crippen molar-refractivity contribution in [3.8, 4) is 0 Å². The van der Waals surface area contributed by atoms with E-state index in [1.54, 1.807) is 29.7 Å². The fraction of sp³-hybridized carbons (Fsp3) is 0.600. The summed E-state index contributed by atoms with van der Waals surface area (Å²) in [5.74, 6) is -0.746. The number of H-pyrrole nitrogens is 1. The summed E-state index contributed by atoms with van der Waals surface area (Å²) < 4.78 is 0. The molecule has 0 aliphatic carbocycles. The molecule has 1 aliphatic rings. The van der Waals surface area contributed by atoms with Crippen molar-refractivity contribution in [3.63, 3.8) is 0 Å². The number of nitrogens with two attached hydrogens (primary N) is 1. The van der Waals surface area contributed by atoms with Crippen LogP contribution >= 0.6 is 0 Å². The molecule has 2 rings (SSSR count). The molecule has 0 saturated carbocycles. The maximum Gasteiger partial charge on any atom is 0.274 e. The van der Waals surface area contributed by atoms with Gasteiger partial charge in [0.25, 0.3) is 5.91 Å². The Morgan fingerprint density at radius 3 is 2.26 bits per heavy atom. The average molecular weight is 321 g/mol. The van der Waals surface area contributed by atoms with Gasteiger partial charge in [-0.25, -0.2) is 0 Å². The van der Waals surface area contributed by atoms with Crippen molar-refractivity contribution in [2.45, 2.75) is 27.2 Å². The molecule has 8 heteroatoms. The number of primary amides is 1. The number of aromatic amines is 1. The molecule has 8 nitrogen and oxygen atoms in total. The molecule has 0 radical (unpaired) electrons. The first kappa shape index (κ1) is 17.0. The summed E-state index contributed by atoms with van der Waals surface area (Å²) in [5, 5.41) is 6.71. The van der Waals surface area contributed by atoms with E-state index in [1.807, 2.05) is 6.92 Å². The van der Waals surface area contributed by atoms with Crippen molar-refractivity contribution >= 4 is 17.7 Å². The Balaban J connectivity index is 1.90. The number of carbonyl (C=O) groups excluding carboxylic acids is 3. The summed E-state index contributed by atoms with van der Waals surface area (Å²) >= 11 is 0. The first-order valence-electron chi connectivity index (χ1n) is 7.59. The Kier molecular flexibility index (Phi) is 4.72. The fourth-order valence-electron chi connectivity index (χ4n) is 2.43. The van der Waals surface area contributed by atoms with Gasteiger partial charge in [0, 0.05) is 38.3 Å². The third kappa shape index (κ3) is 3.88. The van der Waals surface area contributed by atoms with E-state index >= 15 is 0 Å². The number of rotatable bonds is 4. The highest BCUT2D eigenvalue weighted by molar-refractivity contribution is 5.92. The lowest BCUT2D eigenvalue weighted by molar-refractivity contribution is -0.139. The number of piperazine rings is 1. The van der Waals surface area contributed by atoms with Crippen LogP contribution in [-0.4, -0.2) is 63.9 Å². The van der Waals surface area contributed by atoms with E-state index in [0.29, 0.717) is 31.9 Å². The highest BCUT2D eigenvalue weighted by Crippen LogP contribution is 2.21. The van der Waals surface area contributed by atoms with Gasteiger partial charge in [-0.05, 0) is 13.0 Å². The summed E-state index contributed by atoms with van der Waals surface area (Å²) in [6.07, 6.45) is 0.0782.